The van der Waals surface area contributed by atoms with Crippen LogP contribution >= 0.6 is 0 Å². The molecular weight excluding hydrogens is 454 g/mol. The second kappa shape index (κ2) is 11.9. The number of rotatable bonds is 11. The molecule has 2 aromatic carbocycles. The van der Waals surface area contributed by atoms with Crippen molar-refractivity contribution in [2.45, 2.75) is 52.7 Å². The lowest BCUT2D eigenvalue weighted by molar-refractivity contribution is -0.139. The average Bonchev–Trinajstić information content (AvgIpc) is 2.80. The zero-order chi connectivity index (χ0) is 25.5. The number of hydrogen-bond donors (Lipinski definition) is 1. The molecule has 0 aliphatic rings. The predicted molar refractivity (Wildman–Crippen MR) is 134 cm³/mol. The van der Waals surface area contributed by atoms with Crippen molar-refractivity contribution in [1.82, 2.24) is 10.2 Å². The van der Waals surface area contributed by atoms with Crippen LogP contribution in [-0.2, 0) is 26.2 Å². The van der Waals surface area contributed by atoms with E-state index in [1.54, 1.807) is 25.1 Å². The van der Waals surface area contributed by atoms with Gasteiger partial charge in [0.2, 0.25) is 21.8 Å². The van der Waals surface area contributed by atoms with Gasteiger partial charge in [-0.15, -0.1) is 0 Å². The van der Waals surface area contributed by atoms with Gasteiger partial charge in [-0.2, -0.15) is 0 Å². The van der Waals surface area contributed by atoms with E-state index in [0.717, 1.165) is 28.1 Å². The molecule has 0 radical (unpaired) electrons. The summed E-state index contributed by atoms with van der Waals surface area (Å²) in [5, 5.41) is 2.91. The van der Waals surface area contributed by atoms with Gasteiger partial charge < -0.3 is 15.0 Å². The third kappa shape index (κ3) is 7.21. The van der Waals surface area contributed by atoms with Gasteiger partial charge in [-0.25, -0.2) is 8.42 Å². The maximum atomic E-state index is 13.6. The Balaban J connectivity index is 2.43. The molecule has 0 unspecified atom stereocenters. The van der Waals surface area contributed by atoms with Crippen molar-refractivity contribution < 1.29 is 22.7 Å². The number of benzene rings is 2. The number of methoxy groups -OCH3 is 1. The molecule has 0 aliphatic heterocycles. The van der Waals surface area contributed by atoms with Crippen LogP contribution in [0.25, 0.3) is 0 Å². The van der Waals surface area contributed by atoms with Crippen molar-refractivity contribution in [3.8, 4) is 5.75 Å². The molecule has 0 fully saturated rings. The second-order valence-corrected chi connectivity index (χ2v) is 10.4. The van der Waals surface area contributed by atoms with Gasteiger partial charge >= 0.3 is 0 Å². The number of carbonyl (C=O) groups excluding carboxylic acids is 2. The SMILES string of the molecule is CC[C@@H](C)NC(=O)[C@@H](C)N(Cc1ccccc1)C(=O)CN(c1cc(C)ccc1OC)S(C)(=O)=O. The third-order valence-corrected chi connectivity index (χ3v) is 6.77. The van der Waals surface area contributed by atoms with E-state index in [1.807, 2.05) is 51.1 Å². The third-order valence-electron chi connectivity index (χ3n) is 5.65. The molecule has 0 heterocycles. The van der Waals surface area contributed by atoms with E-state index in [-0.39, 0.29) is 24.2 Å². The smallest absolute Gasteiger partial charge is 0.244 e. The summed E-state index contributed by atoms with van der Waals surface area (Å²) in [6, 6.07) is 13.6. The zero-order valence-electron chi connectivity index (χ0n) is 20.7. The Hall–Kier alpha value is -3.07. The monoisotopic (exact) mass is 489 g/mol. The lowest BCUT2D eigenvalue weighted by Gasteiger charge is -2.32. The molecule has 8 nitrogen and oxygen atoms in total. The fourth-order valence-electron chi connectivity index (χ4n) is 3.42. The minimum Gasteiger partial charge on any atom is -0.495 e. The van der Waals surface area contributed by atoms with E-state index >= 15 is 0 Å². The average molecular weight is 490 g/mol. The molecule has 34 heavy (non-hydrogen) atoms. The molecule has 0 spiro atoms. The Morgan fingerprint density at radius 3 is 2.29 bits per heavy atom. The van der Waals surface area contributed by atoms with Crippen LogP contribution in [0.2, 0.25) is 0 Å². The highest BCUT2D eigenvalue weighted by atomic mass is 32.2. The van der Waals surface area contributed by atoms with Gasteiger partial charge in [-0.1, -0.05) is 43.3 Å². The van der Waals surface area contributed by atoms with Crippen molar-refractivity contribution in [3.05, 3.63) is 59.7 Å². The lowest BCUT2D eigenvalue weighted by Crippen LogP contribution is -2.52. The summed E-state index contributed by atoms with van der Waals surface area (Å²) in [6.07, 6.45) is 1.79. The molecular formula is C25H35N3O5S. The number of aryl methyl sites for hydroxylation is 1. The van der Waals surface area contributed by atoms with Crippen molar-refractivity contribution in [2.75, 3.05) is 24.2 Å². The quantitative estimate of drug-likeness (QED) is 0.523. The Bertz CT molecular complexity index is 1090. The van der Waals surface area contributed by atoms with Crippen molar-refractivity contribution in [3.63, 3.8) is 0 Å². The Kier molecular flexibility index (Phi) is 9.49. The summed E-state index contributed by atoms with van der Waals surface area (Å²) in [7, 11) is -2.39. The van der Waals surface area contributed by atoms with E-state index in [0.29, 0.717) is 5.75 Å². The largest absolute Gasteiger partial charge is 0.495 e. The van der Waals surface area contributed by atoms with Gasteiger partial charge in [0.1, 0.15) is 18.3 Å². The van der Waals surface area contributed by atoms with E-state index in [2.05, 4.69) is 5.32 Å². The molecule has 2 aromatic rings. The van der Waals surface area contributed by atoms with Crippen LogP contribution in [0.5, 0.6) is 5.75 Å². The van der Waals surface area contributed by atoms with Gasteiger partial charge in [0, 0.05) is 12.6 Å². The number of nitrogens with one attached hydrogen (secondary N) is 1. The molecule has 0 saturated carbocycles. The molecule has 2 rings (SSSR count). The number of anilines is 1. The molecule has 0 aromatic heterocycles. The molecule has 1 N–H and O–H groups in total. The molecule has 0 saturated heterocycles. The predicted octanol–water partition coefficient (Wildman–Crippen LogP) is 3.10. The minimum atomic E-state index is -3.83. The summed E-state index contributed by atoms with van der Waals surface area (Å²) in [4.78, 5) is 27.9. The van der Waals surface area contributed by atoms with Gasteiger partial charge in [-0.3, -0.25) is 13.9 Å². The normalized spacial score (nSPS) is 13.0. The first kappa shape index (κ1) is 27.2. The molecule has 2 atom stereocenters. The van der Waals surface area contributed by atoms with Gasteiger partial charge in [-0.05, 0) is 50.5 Å². The summed E-state index contributed by atoms with van der Waals surface area (Å²) >= 11 is 0. The van der Waals surface area contributed by atoms with E-state index in [1.165, 1.54) is 12.0 Å². The van der Waals surface area contributed by atoms with Gasteiger partial charge in [0.25, 0.3) is 0 Å². The molecule has 9 heteroatoms. The van der Waals surface area contributed by atoms with Gasteiger partial charge in [0.05, 0.1) is 19.1 Å². The first-order valence-corrected chi connectivity index (χ1v) is 13.1. The maximum Gasteiger partial charge on any atom is 0.244 e. The Morgan fingerprint density at radius 2 is 1.74 bits per heavy atom. The highest BCUT2D eigenvalue weighted by Crippen LogP contribution is 2.31. The number of sulfonamides is 1. The number of carbonyl (C=O) groups is 2. The standard InChI is InChI=1S/C25H35N3O5S/c1-7-19(3)26-25(30)20(4)27(16-21-11-9-8-10-12-21)24(29)17-28(34(6,31)32)22-15-18(2)13-14-23(22)33-5/h8-15,19-20H,7,16-17H2,1-6H3,(H,26,30)/t19-,20-/m1/s1. The van der Waals surface area contributed by atoms with Crippen LogP contribution in [0.4, 0.5) is 5.69 Å². The number of ether oxygens (including phenoxy) is 1. The van der Waals surface area contributed by atoms with Gasteiger partial charge in [0.15, 0.2) is 0 Å². The number of amides is 2. The van der Waals surface area contributed by atoms with Crippen LogP contribution < -0.4 is 14.4 Å². The Labute approximate surface area is 202 Å². The molecule has 2 amide bonds. The van der Waals surface area contributed by atoms with E-state index in [4.69, 9.17) is 4.74 Å². The summed E-state index contributed by atoms with van der Waals surface area (Å²) < 4.78 is 31.9. The van der Waals surface area contributed by atoms with Crippen LogP contribution in [0, 0.1) is 6.92 Å². The van der Waals surface area contributed by atoms with Crippen LogP contribution in [-0.4, -0.2) is 57.1 Å². The first-order valence-electron chi connectivity index (χ1n) is 11.2. The van der Waals surface area contributed by atoms with Crippen LogP contribution in [0.1, 0.15) is 38.3 Å². The summed E-state index contributed by atoms with van der Waals surface area (Å²) in [6.45, 7) is 7.03. The van der Waals surface area contributed by atoms with Crippen molar-refractivity contribution >= 4 is 27.5 Å². The fourth-order valence-corrected chi connectivity index (χ4v) is 4.26. The summed E-state index contributed by atoms with van der Waals surface area (Å²) in [5.41, 5.74) is 1.92. The molecule has 186 valence electrons. The van der Waals surface area contributed by atoms with E-state index < -0.39 is 28.5 Å². The molecule has 0 aliphatic carbocycles. The number of hydrogen-bond acceptors (Lipinski definition) is 5. The minimum absolute atomic E-state index is 0.0484. The fraction of sp³-hybridized carbons (Fsp3) is 0.440. The van der Waals surface area contributed by atoms with E-state index in [9.17, 15) is 18.0 Å². The lowest BCUT2D eigenvalue weighted by atomic mass is 10.1. The summed E-state index contributed by atoms with van der Waals surface area (Å²) in [5.74, 6) is -0.455. The topological polar surface area (TPSA) is 96.0 Å². The number of nitrogens with zero attached hydrogens (tertiary/aromatic N) is 2. The highest BCUT2D eigenvalue weighted by Gasteiger charge is 2.31. The van der Waals surface area contributed by atoms with Crippen LogP contribution in [0.3, 0.4) is 0 Å². The second-order valence-electron chi connectivity index (χ2n) is 8.45. The zero-order valence-corrected chi connectivity index (χ0v) is 21.6. The first-order chi connectivity index (χ1) is 16.0. The Morgan fingerprint density at radius 1 is 1.09 bits per heavy atom. The van der Waals surface area contributed by atoms with Crippen LogP contribution in [0.15, 0.2) is 48.5 Å². The maximum absolute atomic E-state index is 13.6. The highest BCUT2D eigenvalue weighted by molar-refractivity contribution is 7.92. The van der Waals surface area contributed by atoms with Crippen molar-refractivity contribution in [2.24, 2.45) is 0 Å². The van der Waals surface area contributed by atoms with Crippen molar-refractivity contribution in [1.29, 1.82) is 0 Å². The molecule has 0 bridgehead atoms.